The van der Waals surface area contributed by atoms with Crippen LogP contribution in [-0.4, -0.2) is 94.6 Å². The lowest BCUT2D eigenvalue weighted by molar-refractivity contribution is -0.135. The fraction of sp³-hybridized carbons (Fsp3) is 0.526. The third kappa shape index (κ3) is 4.71. The molecule has 8 nitrogen and oxygen atoms in total. The van der Waals surface area contributed by atoms with Crippen LogP contribution in [-0.2, 0) is 16.1 Å². The van der Waals surface area contributed by atoms with Crippen LogP contribution in [0.5, 0.6) is 0 Å². The van der Waals surface area contributed by atoms with Crippen LogP contribution >= 0.6 is 0 Å². The molecular weight excluding hydrogens is 344 g/mol. The van der Waals surface area contributed by atoms with Gasteiger partial charge in [0.25, 0.3) is 0 Å². The monoisotopic (exact) mass is 370 g/mol. The summed E-state index contributed by atoms with van der Waals surface area (Å²) in [5.74, 6) is 0.228. The van der Waals surface area contributed by atoms with E-state index in [0.29, 0.717) is 6.54 Å². The van der Waals surface area contributed by atoms with Crippen molar-refractivity contribution in [3.8, 4) is 5.69 Å². The molecule has 0 N–H and O–H groups in total. The summed E-state index contributed by atoms with van der Waals surface area (Å²) in [5.41, 5.74) is 1.91. The smallest absolute Gasteiger partial charge is 0.236 e. The van der Waals surface area contributed by atoms with Gasteiger partial charge in [-0.25, -0.2) is 0 Å². The van der Waals surface area contributed by atoms with Gasteiger partial charge in [-0.15, -0.1) is 0 Å². The summed E-state index contributed by atoms with van der Waals surface area (Å²) in [6, 6.07) is 9.91. The second kappa shape index (κ2) is 8.60. The Bertz CT molecular complexity index is 736. The maximum Gasteiger partial charge on any atom is 0.236 e. The highest BCUT2D eigenvalue weighted by molar-refractivity contribution is 5.78. The summed E-state index contributed by atoms with van der Waals surface area (Å²) in [5, 5.41) is 8.93. The zero-order valence-corrected chi connectivity index (χ0v) is 15.5. The van der Waals surface area contributed by atoms with Gasteiger partial charge >= 0.3 is 0 Å². The SMILES string of the molecule is O=C(CN1CCOCC1)N1CCN(Cc2cnn(-c3ccccc3)n2)CC1. The number of nitrogens with zero attached hydrogens (tertiary/aromatic N) is 6. The molecule has 0 radical (unpaired) electrons. The number of aromatic nitrogens is 3. The minimum absolute atomic E-state index is 0.228. The Balaban J connectivity index is 1.25. The number of morpholine rings is 1. The van der Waals surface area contributed by atoms with E-state index >= 15 is 0 Å². The van der Waals surface area contributed by atoms with Crippen molar-refractivity contribution in [2.45, 2.75) is 6.54 Å². The van der Waals surface area contributed by atoms with E-state index in [2.05, 4.69) is 20.0 Å². The number of carbonyl (C=O) groups excluding carboxylic acids is 1. The number of hydrogen-bond donors (Lipinski definition) is 0. The number of benzene rings is 1. The highest BCUT2D eigenvalue weighted by Crippen LogP contribution is 2.09. The van der Waals surface area contributed by atoms with Crippen LogP contribution in [0.1, 0.15) is 5.69 Å². The molecule has 2 saturated heterocycles. The molecule has 2 aliphatic rings. The number of amides is 1. The second-order valence-corrected chi connectivity index (χ2v) is 7.01. The number of ether oxygens (including phenoxy) is 1. The van der Waals surface area contributed by atoms with Crippen LogP contribution < -0.4 is 0 Å². The lowest BCUT2D eigenvalue weighted by Crippen LogP contribution is -2.52. The van der Waals surface area contributed by atoms with Crippen LogP contribution in [0.25, 0.3) is 5.69 Å². The Hall–Kier alpha value is -2.29. The molecular formula is C19H26N6O2. The van der Waals surface area contributed by atoms with E-state index in [4.69, 9.17) is 4.74 Å². The van der Waals surface area contributed by atoms with E-state index < -0.39 is 0 Å². The lowest BCUT2D eigenvalue weighted by Gasteiger charge is -2.36. The number of para-hydroxylation sites is 1. The van der Waals surface area contributed by atoms with Crippen LogP contribution in [0.4, 0.5) is 0 Å². The number of rotatable bonds is 5. The molecule has 0 unspecified atom stereocenters. The van der Waals surface area contributed by atoms with Gasteiger partial charge in [-0.1, -0.05) is 18.2 Å². The van der Waals surface area contributed by atoms with E-state index in [-0.39, 0.29) is 5.91 Å². The molecule has 0 bridgehead atoms. The molecule has 1 aromatic carbocycles. The van der Waals surface area contributed by atoms with Gasteiger partial charge in [0, 0.05) is 45.8 Å². The van der Waals surface area contributed by atoms with E-state index in [1.165, 1.54) is 0 Å². The molecule has 27 heavy (non-hydrogen) atoms. The van der Waals surface area contributed by atoms with Gasteiger partial charge in [0.2, 0.25) is 5.91 Å². The molecule has 144 valence electrons. The second-order valence-electron chi connectivity index (χ2n) is 7.01. The molecule has 4 rings (SSSR count). The molecule has 0 aliphatic carbocycles. The van der Waals surface area contributed by atoms with E-state index in [1.54, 1.807) is 4.80 Å². The van der Waals surface area contributed by atoms with Crippen molar-refractivity contribution in [3.05, 3.63) is 42.2 Å². The Labute approximate surface area is 159 Å². The van der Waals surface area contributed by atoms with Crippen molar-refractivity contribution in [3.63, 3.8) is 0 Å². The summed E-state index contributed by atoms with van der Waals surface area (Å²) >= 11 is 0. The molecule has 3 heterocycles. The first-order valence-electron chi connectivity index (χ1n) is 9.55. The van der Waals surface area contributed by atoms with Gasteiger partial charge in [-0.05, 0) is 12.1 Å². The van der Waals surface area contributed by atoms with Crippen LogP contribution in [0.3, 0.4) is 0 Å². The maximum absolute atomic E-state index is 12.5. The van der Waals surface area contributed by atoms with Gasteiger partial charge in [0.05, 0.1) is 37.3 Å². The van der Waals surface area contributed by atoms with E-state index in [9.17, 15) is 4.79 Å². The van der Waals surface area contributed by atoms with Gasteiger partial charge < -0.3 is 9.64 Å². The molecule has 0 spiro atoms. The van der Waals surface area contributed by atoms with E-state index in [0.717, 1.165) is 70.4 Å². The minimum Gasteiger partial charge on any atom is -0.379 e. The predicted molar refractivity (Wildman–Crippen MR) is 100 cm³/mol. The summed E-state index contributed by atoms with van der Waals surface area (Å²) < 4.78 is 5.34. The topological polar surface area (TPSA) is 66.7 Å². The first kappa shape index (κ1) is 18.1. The van der Waals surface area contributed by atoms with Gasteiger partial charge in [-0.2, -0.15) is 15.0 Å². The van der Waals surface area contributed by atoms with Gasteiger partial charge in [0.15, 0.2) is 0 Å². The maximum atomic E-state index is 12.5. The quantitative estimate of drug-likeness (QED) is 0.751. The molecule has 1 amide bonds. The zero-order valence-electron chi connectivity index (χ0n) is 15.5. The summed E-state index contributed by atoms with van der Waals surface area (Å²) in [7, 11) is 0. The molecule has 1 aromatic heterocycles. The van der Waals surface area contributed by atoms with Crippen LogP contribution in [0, 0.1) is 0 Å². The highest BCUT2D eigenvalue weighted by Gasteiger charge is 2.24. The average Bonchev–Trinajstić information content (AvgIpc) is 3.18. The predicted octanol–water partition coefficient (Wildman–Crippen LogP) is 0.244. The Morgan fingerprint density at radius 1 is 0.963 bits per heavy atom. The molecule has 2 fully saturated rings. The van der Waals surface area contributed by atoms with Crippen molar-refractivity contribution in [2.24, 2.45) is 0 Å². The average molecular weight is 370 g/mol. The van der Waals surface area contributed by atoms with Crippen molar-refractivity contribution in [1.82, 2.24) is 29.7 Å². The van der Waals surface area contributed by atoms with E-state index in [1.807, 2.05) is 41.4 Å². The Morgan fingerprint density at radius 3 is 2.44 bits per heavy atom. The fourth-order valence-corrected chi connectivity index (χ4v) is 3.49. The standard InChI is InChI=1S/C19H26N6O2/c26-19(16-23-10-12-27-13-11-23)24-8-6-22(7-9-24)15-17-14-20-25(21-17)18-4-2-1-3-5-18/h1-5,14H,6-13,15-16H2. The highest BCUT2D eigenvalue weighted by atomic mass is 16.5. The Morgan fingerprint density at radius 2 is 1.70 bits per heavy atom. The lowest BCUT2D eigenvalue weighted by atomic mass is 10.2. The molecule has 0 atom stereocenters. The van der Waals surface area contributed by atoms with Crippen LogP contribution in [0.2, 0.25) is 0 Å². The summed E-state index contributed by atoms with van der Waals surface area (Å²) in [6.45, 7) is 7.71. The van der Waals surface area contributed by atoms with Gasteiger partial charge in [0.1, 0.15) is 0 Å². The third-order valence-corrected chi connectivity index (χ3v) is 5.10. The zero-order chi connectivity index (χ0) is 18.5. The first-order chi connectivity index (χ1) is 13.3. The molecule has 2 aliphatic heterocycles. The molecule has 0 saturated carbocycles. The van der Waals surface area contributed by atoms with Gasteiger partial charge in [-0.3, -0.25) is 14.6 Å². The van der Waals surface area contributed by atoms with Crippen molar-refractivity contribution in [1.29, 1.82) is 0 Å². The summed E-state index contributed by atoms with van der Waals surface area (Å²) in [6.07, 6.45) is 1.82. The summed E-state index contributed by atoms with van der Waals surface area (Å²) in [4.78, 5) is 20.6. The number of piperazine rings is 1. The number of carbonyl (C=O) groups is 1. The first-order valence-corrected chi connectivity index (χ1v) is 9.55. The van der Waals surface area contributed by atoms with Crippen molar-refractivity contribution < 1.29 is 9.53 Å². The van der Waals surface area contributed by atoms with Crippen LogP contribution in [0.15, 0.2) is 36.5 Å². The number of hydrogen-bond acceptors (Lipinski definition) is 6. The molecule has 2 aromatic rings. The molecule has 8 heteroatoms. The largest absolute Gasteiger partial charge is 0.379 e. The van der Waals surface area contributed by atoms with Crippen molar-refractivity contribution in [2.75, 3.05) is 59.0 Å². The van der Waals surface area contributed by atoms with Crippen molar-refractivity contribution >= 4 is 5.91 Å². The third-order valence-electron chi connectivity index (χ3n) is 5.10. The normalized spacial score (nSPS) is 19.3. The Kier molecular flexibility index (Phi) is 5.76. The minimum atomic E-state index is 0.228. The fourth-order valence-electron chi connectivity index (χ4n) is 3.49.